The number of nitrogens with one attached hydrogen (secondary N) is 1. The average Bonchev–Trinajstić information content (AvgIpc) is 2.38. The monoisotopic (exact) mass is 278 g/mol. The van der Waals surface area contributed by atoms with Crippen molar-refractivity contribution in [2.45, 2.75) is 46.1 Å². The van der Waals surface area contributed by atoms with E-state index in [1.54, 1.807) is 0 Å². The lowest BCUT2D eigenvalue weighted by atomic mass is 9.79. The highest BCUT2D eigenvalue weighted by atomic mass is 35.5. The molecule has 108 valence electrons. The first-order chi connectivity index (χ1) is 8.05. The van der Waals surface area contributed by atoms with E-state index in [-0.39, 0.29) is 24.4 Å². The Labute approximate surface area is 116 Å². The average molecular weight is 279 g/mol. The van der Waals surface area contributed by atoms with Gasteiger partial charge in [-0.05, 0) is 25.7 Å². The Kier molecular flexibility index (Phi) is 7.83. The molecule has 1 aliphatic heterocycles. The molecule has 18 heavy (non-hydrogen) atoms. The fourth-order valence-corrected chi connectivity index (χ4v) is 2.14. The van der Waals surface area contributed by atoms with Crippen LogP contribution in [0.15, 0.2) is 0 Å². The normalized spacial score (nSPS) is 21.6. The summed E-state index contributed by atoms with van der Waals surface area (Å²) in [4.78, 5) is 12.3. The summed E-state index contributed by atoms with van der Waals surface area (Å²) in [7, 11) is 0. The number of hydrogen-bond donors (Lipinski definition) is 2. The van der Waals surface area contributed by atoms with E-state index in [1.165, 1.54) is 0 Å². The van der Waals surface area contributed by atoms with Gasteiger partial charge in [0.1, 0.15) is 0 Å². The van der Waals surface area contributed by atoms with Crippen molar-refractivity contribution in [2.24, 2.45) is 17.1 Å². The third-order valence-corrected chi connectivity index (χ3v) is 4.18. The molecule has 0 spiro atoms. The van der Waals surface area contributed by atoms with E-state index in [0.29, 0.717) is 25.7 Å². The number of carbonyl (C=O) groups excluding carboxylic acids is 1. The van der Waals surface area contributed by atoms with Crippen molar-refractivity contribution >= 4 is 18.3 Å². The van der Waals surface area contributed by atoms with Crippen LogP contribution in [0, 0.1) is 11.3 Å². The van der Waals surface area contributed by atoms with Crippen LogP contribution in [0.1, 0.15) is 40.0 Å². The maximum absolute atomic E-state index is 12.3. The molecule has 2 unspecified atom stereocenters. The van der Waals surface area contributed by atoms with Gasteiger partial charge in [-0.25, -0.2) is 0 Å². The SMILES string of the molecule is CCC(C)C(C)NC(=O)C1(CN)CCOCC1.Cl. The van der Waals surface area contributed by atoms with Gasteiger partial charge in [0.05, 0.1) is 5.41 Å². The molecule has 5 heteroatoms. The van der Waals surface area contributed by atoms with Gasteiger partial charge in [-0.1, -0.05) is 20.3 Å². The third-order valence-electron chi connectivity index (χ3n) is 4.18. The zero-order chi connectivity index (χ0) is 12.9. The second-order valence-electron chi connectivity index (χ2n) is 5.24. The fraction of sp³-hybridized carbons (Fsp3) is 0.923. The van der Waals surface area contributed by atoms with Crippen LogP contribution < -0.4 is 11.1 Å². The highest BCUT2D eigenvalue weighted by molar-refractivity contribution is 5.85. The van der Waals surface area contributed by atoms with Crippen molar-refractivity contribution in [3.63, 3.8) is 0 Å². The summed E-state index contributed by atoms with van der Waals surface area (Å²) in [5.41, 5.74) is 5.40. The minimum Gasteiger partial charge on any atom is -0.381 e. The Balaban J connectivity index is 0.00000289. The van der Waals surface area contributed by atoms with Crippen LogP contribution in [0.5, 0.6) is 0 Å². The Morgan fingerprint density at radius 3 is 2.39 bits per heavy atom. The van der Waals surface area contributed by atoms with Crippen molar-refractivity contribution in [1.29, 1.82) is 0 Å². The predicted octanol–water partition coefficient (Wildman–Crippen LogP) is 1.71. The summed E-state index contributed by atoms with van der Waals surface area (Å²) in [6.45, 7) is 8.06. The summed E-state index contributed by atoms with van der Waals surface area (Å²) >= 11 is 0. The molecule has 0 aromatic carbocycles. The summed E-state index contributed by atoms with van der Waals surface area (Å²) in [6.07, 6.45) is 2.55. The fourth-order valence-electron chi connectivity index (χ4n) is 2.14. The highest BCUT2D eigenvalue weighted by Crippen LogP contribution is 2.29. The van der Waals surface area contributed by atoms with Crippen LogP contribution in [-0.2, 0) is 9.53 Å². The molecule has 1 heterocycles. The molecule has 0 saturated carbocycles. The van der Waals surface area contributed by atoms with E-state index >= 15 is 0 Å². The molecular weight excluding hydrogens is 252 g/mol. The van der Waals surface area contributed by atoms with Crippen LogP contribution in [0.25, 0.3) is 0 Å². The smallest absolute Gasteiger partial charge is 0.227 e. The number of amides is 1. The highest BCUT2D eigenvalue weighted by Gasteiger charge is 2.39. The molecule has 2 atom stereocenters. The van der Waals surface area contributed by atoms with E-state index < -0.39 is 5.41 Å². The molecule has 0 radical (unpaired) electrons. The Hall–Kier alpha value is -0.320. The lowest BCUT2D eigenvalue weighted by Gasteiger charge is -2.36. The molecule has 0 aliphatic carbocycles. The number of nitrogens with two attached hydrogens (primary N) is 1. The molecule has 1 fully saturated rings. The summed E-state index contributed by atoms with van der Waals surface area (Å²) in [5.74, 6) is 0.602. The van der Waals surface area contributed by atoms with Crippen LogP contribution in [0.4, 0.5) is 0 Å². The minimum atomic E-state index is -0.403. The van der Waals surface area contributed by atoms with Gasteiger partial charge >= 0.3 is 0 Å². The molecule has 3 N–H and O–H groups in total. The van der Waals surface area contributed by atoms with Crippen LogP contribution in [0.3, 0.4) is 0 Å². The van der Waals surface area contributed by atoms with Crippen molar-refractivity contribution in [2.75, 3.05) is 19.8 Å². The Bertz CT molecular complexity index is 255. The molecule has 4 nitrogen and oxygen atoms in total. The minimum absolute atomic E-state index is 0. The second kappa shape index (κ2) is 7.97. The molecule has 1 amide bonds. The standard InChI is InChI=1S/C13H26N2O2.ClH/c1-4-10(2)11(3)15-12(16)13(9-14)5-7-17-8-6-13;/h10-11H,4-9,14H2,1-3H3,(H,15,16);1H. The molecule has 0 bridgehead atoms. The van der Waals surface area contributed by atoms with E-state index in [2.05, 4.69) is 26.1 Å². The maximum Gasteiger partial charge on any atom is 0.227 e. The molecule has 1 saturated heterocycles. The second-order valence-corrected chi connectivity index (χ2v) is 5.24. The predicted molar refractivity (Wildman–Crippen MR) is 75.8 cm³/mol. The lowest BCUT2D eigenvalue weighted by molar-refractivity contribution is -0.136. The first-order valence-electron chi connectivity index (χ1n) is 6.64. The maximum atomic E-state index is 12.3. The van der Waals surface area contributed by atoms with Gasteiger partial charge in [0.25, 0.3) is 0 Å². The van der Waals surface area contributed by atoms with E-state index in [4.69, 9.17) is 10.5 Å². The third kappa shape index (κ3) is 4.11. The van der Waals surface area contributed by atoms with Crippen molar-refractivity contribution in [3.8, 4) is 0 Å². The van der Waals surface area contributed by atoms with Crippen molar-refractivity contribution in [1.82, 2.24) is 5.32 Å². The molecule has 1 aliphatic rings. The molecule has 0 aromatic heterocycles. The largest absolute Gasteiger partial charge is 0.381 e. The van der Waals surface area contributed by atoms with Gasteiger partial charge in [0.2, 0.25) is 5.91 Å². The summed E-state index contributed by atoms with van der Waals surface area (Å²) in [6, 6.07) is 0.207. The van der Waals surface area contributed by atoms with E-state index in [1.807, 2.05) is 0 Å². The molecular formula is C13H27ClN2O2. The van der Waals surface area contributed by atoms with Crippen molar-refractivity contribution < 1.29 is 9.53 Å². The Morgan fingerprint density at radius 2 is 1.94 bits per heavy atom. The number of halogens is 1. The molecule has 0 aromatic rings. The van der Waals surface area contributed by atoms with E-state index in [0.717, 1.165) is 19.3 Å². The lowest BCUT2D eigenvalue weighted by Crippen LogP contribution is -2.52. The van der Waals surface area contributed by atoms with Gasteiger partial charge in [-0.2, -0.15) is 0 Å². The number of carbonyl (C=O) groups is 1. The molecule has 1 rings (SSSR count). The van der Waals surface area contributed by atoms with Gasteiger partial charge in [-0.15, -0.1) is 12.4 Å². The summed E-state index contributed by atoms with van der Waals surface area (Å²) < 4.78 is 5.31. The first kappa shape index (κ1) is 17.7. The zero-order valence-corrected chi connectivity index (χ0v) is 12.5. The summed E-state index contributed by atoms with van der Waals surface area (Å²) in [5, 5.41) is 3.12. The van der Waals surface area contributed by atoms with E-state index in [9.17, 15) is 4.79 Å². The van der Waals surface area contributed by atoms with Gasteiger partial charge in [-0.3, -0.25) is 4.79 Å². The number of ether oxygens (including phenoxy) is 1. The van der Waals surface area contributed by atoms with Crippen LogP contribution >= 0.6 is 12.4 Å². The van der Waals surface area contributed by atoms with Crippen LogP contribution in [0.2, 0.25) is 0 Å². The first-order valence-corrected chi connectivity index (χ1v) is 6.64. The zero-order valence-electron chi connectivity index (χ0n) is 11.7. The van der Waals surface area contributed by atoms with Crippen LogP contribution in [-0.4, -0.2) is 31.7 Å². The topological polar surface area (TPSA) is 64.4 Å². The van der Waals surface area contributed by atoms with Gasteiger partial charge in [0.15, 0.2) is 0 Å². The number of rotatable bonds is 5. The Morgan fingerprint density at radius 1 is 1.39 bits per heavy atom. The number of hydrogen-bond acceptors (Lipinski definition) is 3. The van der Waals surface area contributed by atoms with Crippen molar-refractivity contribution in [3.05, 3.63) is 0 Å². The quantitative estimate of drug-likeness (QED) is 0.805. The van der Waals surface area contributed by atoms with Gasteiger partial charge < -0.3 is 15.8 Å². The van der Waals surface area contributed by atoms with Gasteiger partial charge in [0, 0.05) is 25.8 Å².